The van der Waals surface area contributed by atoms with Crippen molar-refractivity contribution in [1.82, 2.24) is 4.98 Å². The Morgan fingerprint density at radius 3 is 2.41 bits per heavy atom. The number of nitrogens with one attached hydrogen (secondary N) is 1. The molecule has 32 heavy (non-hydrogen) atoms. The molecule has 0 radical (unpaired) electrons. The Kier molecular flexibility index (Phi) is 6.80. The maximum absolute atomic E-state index is 14.2. The number of allylic oxidation sites excluding steroid dienone is 1. The fourth-order valence-electron chi connectivity index (χ4n) is 2.70. The summed E-state index contributed by atoms with van der Waals surface area (Å²) in [4.78, 5) is 29.7. The van der Waals surface area contributed by atoms with Gasteiger partial charge in [0.1, 0.15) is 11.6 Å². The van der Waals surface area contributed by atoms with Crippen LogP contribution in [0.1, 0.15) is 23.0 Å². The first-order chi connectivity index (χ1) is 15.0. The van der Waals surface area contributed by atoms with Gasteiger partial charge in [-0.2, -0.15) is 0 Å². The van der Waals surface area contributed by atoms with Crippen molar-refractivity contribution in [2.45, 2.75) is 6.92 Å². The second-order valence-corrected chi connectivity index (χ2v) is 9.24. The molecule has 0 aliphatic carbocycles. The summed E-state index contributed by atoms with van der Waals surface area (Å²) in [6.07, 6.45) is 3.73. The first-order valence-electron chi connectivity index (χ1n) is 9.05. The van der Waals surface area contributed by atoms with Gasteiger partial charge in [0.05, 0.1) is 17.6 Å². The largest absolute Gasteiger partial charge is 0.289 e. The topological polar surface area (TPSA) is 96.4 Å². The molecule has 7 nitrogen and oxygen atoms in total. The molecule has 0 aliphatic rings. The summed E-state index contributed by atoms with van der Waals surface area (Å²) in [6.45, 7) is 1.23. The van der Waals surface area contributed by atoms with Gasteiger partial charge in [-0.1, -0.05) is 0 Å². The van der Waals surface area contributed by atoms with Crippen LogP contribution in [0, 0.1) is 11.6 Å². The number of hydrogen-bond acceptors (Lipinski definition) is 6. The van der Waals surface area contributed by atoms with Gasteiger partial charge < -0.3 is 0 Å². The van der Waals surface area contributed by atoms with E-state index in [-0.39, 0.29) is 16.6 Å². The zero-order chi connectivity index (χ0) is 23.5. The molecule has 0 fully saturated rings. The minimum absolute atomic E-state index is 0.136. The Morgan fingerprint density at radius 2 is 1.81 bits per heavy atom. The van der Waals surface area contributed by atoms with E-state index in [1.54, 1.807) is 5.38 Å². The van der Waals surface area contributed by atoms with Gasteiger partial charge in [0.25, 0.3) is 0 Å². The number of carbonyl (C=O) groups is 2. The van der Waals surface area contributed by atoms with E-state index in [1.807, 2.05) is 0 Å². The van der Waals surface area contributed by atoms with E-state index in [9.17, 15) is 26.8 Å². The second-order valence-electron chi connectivity index (χ2n) is 6.65. The van der Waals surface area contributed by atoms with E-state index in [4.69, 9.17) is 0 Å². The lowest BCUT2D eigenvalue weighted by Crippen LogP contribution is -2.23. The predicted molar refractivity (Wildman–Crippen MR) is 120 cm³/mol. The van der Waals surface area contributed by atoms with Crippen molar-refractivity contribution >= 4 is 55.6 Å². The Morgan fingerprint density at radius 1 is 1.12 bits per heavy atom. The average Bonchev–Trinajstić information content (AvgIpc) is 3.15. The summed E-state index contributed by atoms with van der Waals surface area (Å²) >= 11 is 1.05. The Balaban J connectivity index is 1.77. The fourth-order valence-corrected chi connectivity index (χ4v) is 4.11. The lowest BCUT2D eigenvalue weighted by Gasteiger charge is -2.18. The molecule has 1 N–H and O–H groups in total. The van der Waals surface area contributed by atoms with Gasteiger partial charge in [0, 0.05) is 29.6 Å². The standard InChI is InChI=1S/C21H17F2N3O4S2/c1-13(27)26(19-9-5-15(22)11-18(19)23)21-24-17(12-31-21)8-10-20(28)14-3-6-16(7-4-14)25-32(2,29)30/h3-12,25H,1-2H3/b10-8+. The van der Waals surface area contributed by atoms with Crippen LogP contribution >= 0.6 is 11.3 Å². The summed E-state index contributed by atoms with van der Waals surface area (Å²) in [6, 6.07) is 8.74. The van der Waals surface area contributed by atoms with Crippen LogP contribution in [0.2, 0.25) is 0 Å². The van der Waals surface area contributed by atoms with Crippen LogP contribution in [-0.4, -0.2) is 31.3 Å². The van der Waals surface area contributed by atoms with Gasteiger partial charge in [-0.3, -0.25) is 19.2 Å². The van der Waals surface area contributed by atoms with Crippen LogP contribution in [0.5, 0.6) is 0 Å². The molecule has 1 aromatic heterocycles. The molecule has 0 aliphatic heterocycles. The van der Waals surface area contributed by atoms with E-state index in [0.717, 1.165) is 34.6 Å². The highest BCUT2D eigenvalue weighted by Crippen LogP contribution is 2.31. The molecule has 0 atom stereocenters. The number of amides is 1. The number of nitrogens with zero attached hydrogens (tertiary/aromatic N) is 2. The Hall–Kier alpha value is -3.44. The van der Waals surface area contributed by atoms with Crippen molar-refractivity contribution in [2.75, 3.05) is 15.9 Å². The third-order valence-electron chi connectivity index (χ3n) is 4.04. The lowest BCUT2D eigenvalue weighted by atomic mass is 10.1. The van der Waals surface area contributed by atoms with Gasteiger partial charge >= 0.3 is 0 Å². The van der Waals surface area contributed by atoms with Crippen molar-refractivity contribution in [3.05, 3.63) is 76.8 Å². The molecule has 3 rings (SSSR count). The number of anilines is 3. The minimum Gasteiger partial charge on any atom is -0.289 e. The van der Waals surface area contributed by atoms with E-state index in [1.165, 1.54) is 43.3 Å². The van der Waals surface area contributed by atoms with E-state index < -0.39 is 27.6 Å². The molecule has 0 saturated carbocycles. The van der Waals surface area contributed by atoms with Crippen molar-refractivity contribution in [3.8, 4) is 0 Å². The molecule has 166 valence electrons. The number of halogens is 2. The van der Waals surface area contributed by atoms with Crippen LogP contribution in [0.4, 0.5) is 25.3 Å². The summed E-state index contributed by atoms with van der Waals surface area (Å²) in [7, 11) is -3.42. The minimum atomic E-state index is -3.42. The fraction of sp³-hybridized carbons (Fsp3) is 0.0952. The van der Waals surface area contributed by atoms with E-state index >= 15 is 0 Å². The summed E-state index contributed by atoms with van der Waals surface area (Å²) in [5.41, 5.74) is 0.883. The number of aromatic nitrogens is 1. The third-order valence-corrected chi connectivity index (χ3v) is 5.50. The van der Waals surface area contributed by atoms with Crippen LogP contribution in [0.3, 0.4) is 0 Å². The molecule has 3 aromatic rings. The first-order valence-corrected chi connectivity index (χ1v) is 11.8. The normalized spacial score (nSPS) is 11.5. The number of thiazole rings is 1. The van der Waals surface area contributed by atoms with Crippen molar-refractivity contribution in [3.63, 3.8) is 0 Å². The summed E-state index contributed by atoms with van der Waals surface area (Å²) < 4.78 is 52.1. The zero-order valence-corrected chi connectivity index (χ0v) is 18.5. The quantitative estimate of drug-likeness (QED) is 0.403. The number of hydrogen-bond donors (Lipinski definition) is 1. The van der Waals surface area contributed by atoms with Crippen molar-refractivity contribution in [1.29, 1.82) is 0 Å². The van der Waals surface area contributed by atoms with Gasteiger partial charge in [0.2, 0.25) is 15.9 Å². The van der Waals surface area contributed by atoms with E-state index in [2.05, 4.69) is 9.71 Å². The number of rotatable bonds is 7. The maximum Gasteiger partial charge on any atom is 0.230 e. The van der Waals surface area contributed by atoms with Crippen LogP contribution in [0.15, 0.2) is 53.9 Å². The molecule has 0 bridgehead atoms. The molecular weight excluding hydrogens is 460 g/mol. The smallest absolute Gasteiger partial charge is 0.230 e. The molecule has 1 amide bonds. The molecule has 11 heteroatoms. The highest BCUT2D eigenvalue weighted by molar-refractivity contribution is 7.92. The summed E-state index contributed by atoms with van der Waals surface area (Å²) in [5, 5.41) is 1.74. The van der Waals surface area contributed by atoms with Crippen LogP contribution in [-0.2, 0) is 14.8 Å². The van der Waals surface area contributed by atoms with Gasteiger partial charge in [-0.15, -0.1) is 11.3 Å². The summed E-state index contributed by atoms with van der Waals surface area (Å²) in [5.74, 6) is -2.54. The second kappa shape index (κ2) is 9.37. The van der Waals surface area contributed by atoms with Gasteiger partial charge in [-0.25, -0.2) is 22.2 Å². The van der Waals surface area contributed by atoms with E-state index in [0.29, 0.717) is 23.0 Å². The Bertz CT molecular complexity index is 1300. The first kappa shape index (κ1) is 23.2. The highest BCUT2D eigenvalue weighted by Gasteiger charge is 2.21. The Labute approximate surface area is 187 Å². The third kappa shape index (κ3) is 5.83. The van der Waals surface area contributed by atoms with Gasteiger partial charge in [-0.05, 0) is 48.6 Å². The van der Waals surface area contributed by atoms with Crippen molar-refractivity contribution < 1.29 is 26.8 Å². The molecule has 0 saturated heterocycles. The number of ketones is 1. The highest BCUT2D eigenvalue weighted by atomic mass is 32.2. The monoisotopic (exact) mass is 477 g/mol. The lowest BCUT2D eigenvalue weighted by molar-refractivity contribution is -0.115. The number of carbonyl (C=O) groups excluding carboxylic acids is 2. The number of sulfonamides is 1. The molecule has 1 heterocycles. The maximum atomic E-state index is 14.2. The molecule has 0 unspecified atom stereocenters. The number of benzene rings is 2. The van der Waals surface area contributed by atoms with Gasteiger partial charge in [0.15, 0.2) is 10.9 Å². The SMILES string of the molecule is CC(=O)N(c1nc(/C=C/C(=O)c2ccc(NS(C)(=O)=O)cc2)cs1)c1ccc(F)cc1F. The average molecular weight is 478 g/mol. The molecule has 0 spiro atoms. The molecular formula is C21H17F2N3O4S2. The predicted octanol–water partition coefficient (Wildman–Crippen LogP) is 4.37. The molecule has 2 aromatic carbocycles. The van der Waals surface area contributed by atoms with Crippen LogP contribution in [0.25, 0.3) is 6.08 Å². The van der Waals surface area contributed by atoms with Crippen molar-refractivity contribution in [2.24, 2.45) is 0 Å². The van der Waals surface area contributed by atoms with Crippen LogP contribution < -0.4 is 9.62 Å². The zero-order valence-electron chi connectivity index (χ0n) is 16.9.